The second-order valence-corrected chi connectivity index (χ2v) is 3.71. The molecular weight excluding hydrogens is 198 g/mol. The highest BCUT2D eigenvalue weighted by atomic mass is 16.5. The topological polar surface area (TPSA) is 21.3 Å². The van der Waals surface area contributed by atoms with E-state index >= 15 is 0 Å². The summed E-state index contributed by atoms with van der Waals surface area (Å²) in [4.78, 5) is 0. The van der Waals surface area contributed by atoms with E-state index in [4.69, 9.17) is 4.74 Å². The Kier molecular flexibility index (Phi) is 5.65. The van der Waals surface area contributed by atoms with Crippen LogP contribution in [-0.2, 0) is 0 Å². The SMILES string of the molecule is CCNC(C)/C=C/c1cccc(OCC)c1. The van der Waals surface area contributed by atoms with Gasteiger partial charge in [-0.3, -0.25) is 0 Å². The van der Waals surface area contributed by atoms with Crippen molar-refractivity contribution < 1.29 is 4.74 Å². The third-order valence-corrected chi connectivity index (χ3v) is 2.27. The summed E-state index contributed by atoms with van der Waals surface area (Å²) >= 11 is 0. The Balaban J connectivity index is 2.62. The van der Waals surface area contributed by atoms with Crippen molar-refractivity contribution in [1.29, 1.82) is 0 Å². The van der Waals surface area contributed by atoms with Crippen LogP contribution in [0.25, 0.3) is 6.08 Å². The Labute approximate surface area is 98.3 Å². The van der Waals surface area contributed by atoms with Crippen molar-refractivity contribution >= 4 is 6.08 Å². The minimum absolute atomic E-state index is 0.403. The number of likely N-dealkylation sites (N-methyl/N-ethyl adjacent to an activating group) is 1. The van der Waals surface area contributed by atoms with E-state index in [1.165, 1.54) is 5.56 Å². The molecule has 1 N–H and O–H groups in total. The molecule has 1 aromatic carbocycles. The van der Waals surface area contributed by atoms with Crippen LogP contribution < -0.4 is 10.1 Å². The van der Waals surface area contributed by atoms with Gasteiger partial charge < -0.3 is 10.1 Å². The molecule has 16 heavy (non-hydrogen) atoms. The van der Waals surface area contributed by atoms with Crippen LogP contribution in [0.5, 0.6) is 5.75 Å². The van der Waals surface area contributed by atoms with Gasteiger partial charge >= 0.3 is 0 Å². The Morgan fingerprint density at radius 2 is 2.19 bits per heavy atom. The number of hydrogen-bond donors (Lipinski definition) is 1. The molecule has 0 aliphatic carbocycles. The lowest BCUT2D eigenvalue weighted by atomic mass is 10.1. The van der Waals surface area contributed by atoms with Crippen molar-refractivity contribution in [3.63, 3.8) is 0 Å². The molecule has 0 heterocycles. The molecule has 0 aliphatic heterocycles. The first-order valence-electron chi connectivity index (χ1n) is 5.90. The maximum atomic E-state index is 5.45. The Morgan fingerprint density at radius 3 is 2.88 bits per heavy atom. The van der Waals surface area contributed by atoms with Gasteiger partial charge in [0.05, 0.1) is 6.61 Å². The maximum Gasteiger partial charge on any atom is 0.119 e. The van der Waals surface area contributed by atoms with Crippen molar-refractivity contribution in [2.24, 2.45) is 0 Å². The molecule has 0 bridgehead atoms. The van der Waals surface area contributed by atoms with E-state index < -0.39 is 0 Å². The number of rotatable bonds is 6. The van der Waals surface area contributed by atoms with Gasteiger partial charge in [-0.1, -0.05) is 31.2 Å². The monoisotopic (exact) mass is 219 g/mol. The summed E-state index contributed by atoms with van der Waals surface area (Å²) in [7, 11) is 0. The van der Waals surface area contributed by atoms with E-state index in [9.17, 15) is 0 Å². The standard InChI is InChI=1S/C14H21NO/c1-4-15-12(3)9-10-13-7-6-8-14(11-13)16-5-2/h6-12,15H,4-5H2,1-3H3/b10-9+. The van der Waals surface area contributed by atoms with Gasteiger partial charge in [-0.05, 0) is 38.1 Å². The summed E-state index contributed by atoms with van der Waals surface area (Å²) in [5.74, 6) is 0.931. The minimum atomic E-state index is 0.403. The normalized spacial score (nSPS) is 12.9. The van der Waals surface area contributed by atoms with Gasteiger partial charge in [0.2, 0.25) is 0 Å². The van der Waals surface area contributed by atoms with Crippen LogP contribution in [-0.4, -0.2) is 19.2 Å². The molecule has 0 amide bonds. The van der Waals surface area contributed by atoms with Crippen molar-refractivity contribution in [2.45, 2.75) is 26.8 Å². The summed E-state index contributed by atoms with van der Waals surface area (Å²) < 4.78 is 5.45. The zero-order chi connectivity index (χ0) is 11.8. The number of benzene rings is 1. The van der Waals surface area contributed by atoms with Crippen LogP contribution in [0.15, 0.2) is 30.3 Å². The zero-order valence-electron chi connectivity index (χ0n) is 10.4. The molecule has 1 unspecified atom stereocenters. The van der Waals surface area contributed by atoms with Crippen LogP contribution in [0.4, 0.5) is 0 Å². The van der Waals surface area contributed by atoms with E-state index in [2.05, 4.69) is 43.4 Å². The second kappa shape index (κ2) is 7.07. The summed E-state index contributed by atoms with van der Waals surface area (Å²) in [6.45, 7) is 7.95. The molecule has 2 heteroatoms. The molecule has 1 atom stereocenters. The highest BCUT2D eigenvalue weighted by Crippen LogP contribution is 2.14. The van der Waals surface area contributed by atoms with Gasteiger partial charge in [0.15, 0.2) is 0 Å². The van der Waals surface area contributed by atoms with Crippen LogP contribution in [0, 0.1) is 0 Å². The van der Waals surface area contributed by atoms with Gasteiger partial charge in [-0.15, -0.1) is 0 Å². The molecule has 0 aliphatic rings. The van der Waals surface area contributed by atoms with Crippen LogP contribution in [0.2, 0.25) is 0 Å². The van der Waals surface area contributed by atoms with E-state index in [1.807, 2.05) is 19.1 Å². The first kappa shape index (κ1) is 12.8. The Bertz CT molecular complexity index is 333. The highest BCUT2D eigenvalue weighted by molar-refractivity contribution is 5.52. The number of hydrogen-bond acceptors (Lipinski definition) is 2. The first-order valence-corrected chi connectivity index (χ1v) is 5.90. The molecular formula is C14H21NO. The molecule has 0 spiro atoms. The molecule has 0 fully saturated rings. The van der Waals surface area contributed by atoms with E-state index in [0.29, 0.717) is 12.6 Å². The lowest BCUT2D eigenvalue weighted by Gasteiger charge is -2.06. The minimum Gasteiger partial charge on any atom is -0.494 e. The predicted octanol–water partition coefficient (Wildman–Crippen LogP) is 3.10. The van der Waals surface area contributed by atoms with Gasteiger partial charge in [-0.2, -0.15) is 0 Å². The summed E-state index contributed by atoms with van der Waals surface area (Å²) in [6.07, 6.45) is 4.28. The average Bonchev–Trinajstić information content (AvgIpc) is 2.28. The molecule has 0 saturated heterocycles. The quantitative estimate of drug-likeness (QED) is 0.793. The van der Waals surface area contributed by atoms with Gasteiger partial charge in [0, 0.05) is 6.04 Å². The second-order valence-electron chi connectivity index (χ2n) is 3.71. The molecule has 0 saturated carbocycles. The van der Waals surface area contributed by atoms with Crippen LogP contribution >= 0.6 is 0 Å². The van der Waals surface area contributed by atoms with Crippen LogP contribution in [0.3, 0.4) is 0 Å². The average molecular weight is 219 g/mol. The number of nitrogens with one attached hydrogen (secondary N) is 1. The lowest BCUT2D eigenvalue weighted by Crippen LogP contribution is -2.22. The third kappa shape index (κ3) is 4.49. The Hall–Kier alpha value is -1.28. The van der Waals surface area contributed by atoms with Gasteiger partial charge in [-0.25, -0.2) is 0 Å². The van der Waals surface area contributed by atoms with Gasteiger partial charge in [0.1, 0.15) is 5.75 Å². The fraction of sp³-hybridized carbons (Fsp3) is 0.429. The van der Waals surface area contributed by atoms with E-state index in [-0.39, 0.29) is 0 Å². The Morgan fingerprint density at radius 1 is 1.38 bits per heavy atom. The summed E-state index contributed by atoms with van der Waals surface area (Å²) in [5.41, 5.74) is 1.18. The highest BCUT2D eigenvalue weighted by Gasteiger charge is 1.95. The third-order valence-electron chi connectivity index (χ3n) is 2.27. The van der Waals surface area contributed by atoms with Crippen molar-refractivity contribution in [3.8, 4) is 5.75 Å². The van der Waals surface area contributed by atoms with Crippen molar-refractivity contribution in [3.05, 3.63) is 35.9 Å². The summed E-state index contributed by atoms with van der Waals surface area (Å²) in [6, 6.07) is 8.54. The predicted molar refractivity (Wildman–Crippen MR) is 69.8 cm³/mol. The molecule has 1 rings (SSSR count). The lowest BCUT2D eigenvalue weighted by molar-refractivity contribution is 0.340. The summed E-state index contributed by atoms with van der Waals surface area (Å²) in [5, 5.41) is 3.34. The smallest absolute Gasteiger partial charge is 0.119 e. The largest absolute Gasteiger partial charge is 0.494 e. The zero-order valence-corrected chi connectivity index (χ0v) is 10.4. The fourth-order valence-electron chi connectivity index (χ4n) is 1.52. The maximum absolute atomic E-state index is 5.45. The molecule has 88 valence electrons. The van der Waals surface area contributed by atoms with Gasteiger partial charge in [0.25, 0.3) is 0 Å². The fourth-order valence-corrected chi connectivity index (χ4v) is 1.52. The van der Waals surface area contributed by atoms with Crippen molar-refractivity contribution in [1.82, 2.24) is 5.32 Å². The molecule has 0 radical (unpaired) electrons. The molecule has 0 aromatic heterocycles. The van der Waals surface area contributed by atoms with E-state index in [0.717, 1.165) is 12.3 Å². The van der Waals surface area contributed by atoms with Crippen molar-refractivity contribution in [2.75, 3.05) is 13.2 Å². The van der Waals surface area contributed by atoms with Crippen LogP contribution in [0.1, 0.15) is 26.3 Å². The molecule has 1 aromatic rings. The first-order chi connectivity index (χ1) is 7.76. The number of ether oxygens (including phenoxy) is 1. The molecule has 2 nitrogen and oxygen atoms in total. The van der Waals surface area contributed by atoms with E-state index in [1.54, 1.807) is 0 Å².